The number of ether oxygens (including phenoxy) is 1. The predicted octanol–water partition coefficient (Wildman–Crippen LogP) is 4.95. The van der Waals surface area contributed by atoms with Crippen molar-refractivity contribution in [1.82, 2.24) is 5.43 Å². The maximum Gasteiger partial charge on any atom is 0.277 e. The molecule has 0 aliphatic heterocycles. The third-order valence-electron chi connectivity index (χ3n) is 3.51. The average molecular weight is 379 g/mol. The number of rotatable bonds is 6. The van der Waals surface area contributed by atoms with Crippen LogP contribution >= 0.6 is 23.2 Å². The zero-order valence-corrected chi connectivity index (χ0v) is 15.9. The highest BCUT2D eigenvalue weighted by atomic mass is 35.5. The van der Waals surface area contributed by atoms with E-state index in [1.807, 2.05) is 25.1 Å². The number of benzene rings is 2. The van der Waals surface area contributed by atoms with Gasteiger partial charge in [0, 0.05) is 10.6 Å². The van der Waals surface area contributed by atoms with E-state index >= 15 is 0 Å². The Morgan fingerprint density at radius 3 is 2.68 bits per heavy atom. The highest BCUT2D eigenvalue weighted by Gasteiger charge is 2.10. The first kappa shape index (κ1) is 19.3. The third-order valence-corrected chi connectivity index (χ3v) is 4.07. The van der Waals surface area contributed by atoms with Gasteiger partial charge < -0.3 is 4.74 Å². The molecule has 6 heteroatoms. The number of carbonyl (C=O) groups excluding carboxylic acids is 1. The lowest BCUT2D eigenvalue weighted by molar-refractivity contribution is -0.123. The number of hydrazone groups is 1. The van der Waals surface area contributed by atoms with Gasteiger partial charge in [0.1, 0.15) is 5.75 Å². The zero-order valence-electron chi connectivity index (χ0n) is 14.3. The molecule has 1 amide bonds. The predicted molar refractivity (Wildman–Crippen MR) is 103 cm³/mol. The summed E-state index contributed by atoms with van der Waals surface area (Å²) < 4.78 is 5.65. The highest BCUT2D eigenvalue weighted by molar-refractivity contribution is 6.36. The smallest absolute Gasteiger partial charge is 0.277 e. The lowest BCUT2D eigenvalue weighted by atomic mass is 10.0. The molecule has 0 aliphatic carbocycles. The largest absolute Gasteiger partial charge is 0.483 e. The zero-order chi connectivity index (χ0) is 18.4. The molecule has 0 radical (unpaired) electrons. The van der Waals surface area contributed by atoms with Gasteiger partial charge >= 0.3 is 0 Å². The van der Waals surface area contributed by atoms with Gasteiger partial charge in [-0.15, -0.1) is 0 Å². The van der Waals surface area contributed by atoms with Crippen molar-refractivity contribution in [1.29, 1.82) is 0 Å². The number of amides is 1. The molecule has 2 aromatic rings. The topological polar surface area (TPSA) is 50.7 Å². The summed E-state index contributed by atoms with van der Waals surface area (Å²) in [6.07, 6.45) is 1.46. The summed E-state index contributed by atoms with van der Waals surface area (Å²) in [6.45, 7) is 6.03. The molecule has 2 aromatic carbocycles. The van der Waals surface area contributed by atoms with Crippen molar-refractivity contribution >= 4 is 35.3 Å². The summed E-state index contributed by atoms with van der Waals surface area (Å²) in [7, 11) is 0. The molecule has 132 valence electrons. The normalized spacial score (nSPS) is 11.1. The Kier molecular flexibility index (Phi) is 6.85. The maximum absolute atomic E-state index is 11.9. The molecule has 0 aliphatic rings. The maximum atomic E-state index is 11.9. The van der Waals surface area contributed by atoms with E-state index in [4.69, 9.17) is 27.9 Å². The lowest BCUT2D eigenvalue weighted by Crippen LogP contribution is -2.25. The summed E-state index contributed by atoms with van der Waals surface area (Å²) in [5.74, 6) is 0.677. The fourth-order valence-corrected chi connectivity index (χ4v) is 2.66. The standard InChI is InChI=1S/C19H20Cl2N2O2/c1-12(2)16-7-4-13(3)8-18(16)25-11-19(24)23-22-10-14-5-6-15(20)9-17(14)21/h4-10,12H,11H2,1-3H3,(H,23,24)/b22-10-. The van der Waals surface area contributed by atoms with Crippen LogP contribution in [0.4, 0.5) is 0 Å². The molecule has 0 fully saturated rings. The Morgan fingerprint density at radius 2 is 2.00 bits per heavy atom. The molecule has 0 unspecified atom stereocenters. The van der Waals surface area contributed by atoms with Crippen molar-refractivity contribution in [3.63, 3.8) is 0 Å². The molecule has 0 aromatic heterocycles. The van der Waals surface area contributed by atoms with Gasteiger partial charge in [-0.1, -0.05) is 55.2 Å². The van der Waals surface area contributed by atoms with Crippen LogP contribution in [0.3, 0.4) is 0 Å². The van der Waals surface area contributed by atoms with Gasteiger partial charge in [-0.25, -0.2) is 5.43 Å². The Morgan fingerprint density at radius 1 is 1.24 bits per heavy atom. The van der Waals surface area contributed by atoms with Crippen LogP contribution in [0.2, 0.25) is 10.0 Å². The second-order valence-electron chi connectivity index (χ2n) is 5.94. The van der Waals surface area contributed by atoms with E-state index in [2.05, 4.69) is 24.4 Å². The molecule has 0 heterocycles. The SMILES string of the molecule is Cc1ccc(C(C)C)c(OCC(=O)N/N=C\c2ccc(Cl)cc2Cl)c1. The van der Waals surface area contributed by atoms with E-state index in [1.54, 1.807) is 18.2 Å². The number of nitrogens with one attached hydrogen (secondary N) is 1. The Labute approximate surface area is 157 Å². The average Bonchev–Trinajstić information content (AvgIpc) is 2.54. The van der Waals surface area contributed by atoms with Crippen LogP contribution in [-0.4, -0.2) is 18.7 Å². The minimum atomic E-state index is -0.349. The highest BCUT2D eigenvalue weighted by Crippen LogP contribution is 2.27. The van der Waals surface area contributed by atoms with Gasteiger partial charge in [-0.3, -0.25) is 4.79 Å². The van der Waals surface area contributed by atoms with Crippen molar-refractivity contribution in [3.05, 3.63) is 63.1 Å². The first-order valence-corrected chi connectivity index (χ1v) is 8.62. The first-order valence-electron chi connectivity index (χ1n) is 7.87. The van der Waals surface area contributed by atoms with Gasteiger partial charge in [0.05, 0.1) is 11.2 Å². The molecular formula is C19H20Cl2N2O2. The van der Waals surface area contributed by atoms with Crippen molar-refractivity contribution in [2.24, 2.45) is 5.10 Å². The summed E-state index contributed by atoms with van der Waals surface area (Å²) in [5.41, 5.74) is 5.22. The van der Waals surface area contributed by atoms with Crippen LogP contribution in [0.1, 0.15) is 36.5 Å². The van der Waals surface area contributed by atoms with Crippen LogP contribution in [0.5, 0.6) is 5.75 Å². The van der Waals surface area contributed by atoms with Crippen LogP contribution in [0, 0.1) is 6.92 Å². The number of aryl methyl sites for hydroxylation is 1. The van der Waals surface area contributed by atoms with Gasteiger partial charge in [0.2, 0.25) is 0 Å². The number of hydrogen-bond acceptors (Lipinski definition) is 3. The molecule has 0 bridgehead atoms. The Hall–Kier alpha value is -2.04. The van der Waals surface area contributed by atoms with E-state index in [0.29, 0.717) is 21.5 Å². The number of halogens is 2. The van der Waals surface area contributed by atoms with Crippen molar-refractivity contribution in [3.8, 4) is 5.75 Å². The minimum Gasteiger partial charge on any atom is -0.483 e. The first-order chi connectivity index (χ1) is 11.9. The second kappa shape index (κ2) is 8.88. The van der Waals surface area contributed by atoms with Crippen LogP contribution < -0.4 is 10.2 Å². The van der Waals surface area contributed by atoms with E-state index in [9.17, 15) is 4.79 Å². The Balaban J connectivity index is 1.93. The molecule has 1 N–H and O–H groups in total. The molecule has 0 saturated carbocycles. The third kappa shape index (κ3) is 5.76. The van der Waals surface area contributed by atoms with Crippen LogP contribution in [-0.2, 0) is 4.79 Å². The fourth-order valence-electron chi connectivity index (χ4n) is 2.20. The van der Waals surface area contributed by atoms with E-state index < -0.39 is 0 Å². The molecule has 0 spiro atoms. The molecule has 0 saturated heterocycles. The van der Waals surface area contributed by atoms with Gasteiger partial charge in [0.25, 0.3) is 5.91 Å². The van der Waals surface area contributed by atoms with E-state index in [-0.39, 0.29) is 12.5 Å². The quantitative estimate of drug-likeness (QED) is 0.570. The van der Waals surface area contributed by atoms with Crippen LogP contribution in [0.15, 0.2) is 41.5 Å². The van der Waals surface area contributed by atoms with Crippen molar-refractivity contribution in [2.45, 2.75) is 26.7 Å². The number of carbonyl (C=O) groups is 1. The second-order valence-corrected chi connectivity index (χ2v) is 6.79. The summed E-state index contributed by atoms with van der Waals surface area (Å²) in [4.78, 5) is 11.9. The summed E-state index contributed by atoms with van der Waals surface area (Å²) in [5, 5.41) is 4.89. The summed E-state index contributed by atoms with van der Waals surface area (Å²) in [6, 6.07) is 11.0. The lowest BCUT2D eigenvalue weighted by Gasteiger charge is -2.14. The number of hydrogen-bond donors (Lipinski definition) is 1. The number of nitrogens with zero attached hydrogens (tertiary/aromatic N) is 1. The van der Waals surface area contributed by atoms with E-state index in [0.717, 1.165) is 16.9 Å². The van der Waals surface area contributed by atoms with Crippen molar-refractivity contribution in [2.75, 3.05) is 6.61 Å². The minimum absolute atomic E-state index is 0.116. The van der Waals surface area contributed by atoms with Crippen LogP contribution in [0.25, 0.3) is 0 Å². The molecule has 2 rings (SSSR count). The molecule has 25 heavy (non-hydrogen) atoms. The van der Waals surface area contributed by atoms with Gasteiger partial charge in [-0.05, 0) is 42.2 Å². The fraction of sp³-hybridized carbons (Fsp3) is 0.263. The van der Waals surface area contributed by atoms with E-state index in [1.165, 1.54) is 6.21 Å². The monoisotopic (exact) mass is 378 g/mol. The van der Waals surface area contributed by atoms with Gasteiger partial charge in [-0.2, -0.15) is 5.10 Å². The van der Waals surface area contributed by atoms with Gasteiger partial charge in [0.15, 0.2) is 6.61 Å². The summed E-state index contributed by atoms with van der Waals surface area (Å²) >= 11 is 11.9. The Bertz CT molecular complexity index is 789. The molecule has 0 atom stereocenters. The molecule has 4 nitrogen and oxygen atoms in total. The van der Waals surface area contributed by atoms with Crippen molar-refractivity contribution < 1.29 is 9.53 Å². The molecular weight excluding hydrogens is 359 g/mol.